The Bertz CT molecular complexity index is 3350. The van der Waals surface area contributed by atoms with Gasteiger partial charge in [0.1, 0.15) is 0 Å². The predicted octanol–water partition coefficient (Wildman–Crippen LogP) is 13.8. The third-order valence-electron chi connectivity index (χ3n) is 11.0. The topological polar surface area (TPSA) is 12.6 Å². The number of aromatic nitrogens is 2. The van der Waals surface area contributed by atoms with Gasteiger partial charge in [-0.2, -0.15) is 0 Å². The lowest BCUT2D eigenvalue weighted by Crippen LogP contribution is -2.09. The van der Waals surface area contributed by atoms with Gasteiger partial charge in [-0.1, -0.05) is 97.1 Å². The van der Waals surface area contributed by atoms with Crippen LogP contribution in [-0.4, -0.2) is 8.97 Å². The zero-order chi connectivity index (χ0) is 33.9. The molecule has 0 unspecified atom stereocenters. The van der Waals surface area contributed by atoms with E-state index in [4.69, 9.17) is 0 Å². The molecule has 0 radical (unpaired) electrons. The van der Waals surface area contributed by atoms with E-state index in [-0.39, 0.29) is 0 Å². The molecule has 3 nitrogen and oxygen atoms in total. The molecule has 52 heavy (non-hydrogen) atoms. The van der Waals surface area contributed by atoms with Gasteiger partial charge in [-0.25, -0.2) is 0 Å². The smallest absolute Gasteiger partial charge is 0.0619 e. The van der Waals surface area contributed by atoms with Crippen LogP contribution in [0.2, 0.25) is 0 Å². The summed E-state index contributed by atoms with van der Waals surface area (Å²) in [6, 6.07) is 64.6. The molecule has 0 bridgehead atoms. The van der Waals surface area contributed by atoms with Crippen molar-refractivity contribution in [1.82, 2.24) is 8.97 Å². The van der Waals surface area contributed by atoms with Crippen molar-refractivity contribution in [1.29, 1.82) is 0 Å². The van der Waals surface area contributed by atoms with Gasteiger partial charge in [-0.05, 0) is 84.2 Å². The number of hydrogen-bond donors (Lipinski definition) is 0. The zero-order valence-corrected chi connectivity index (χ0v) is 28.8. The number of rotatable bonds is 4. The van der Waals surface area contributed by atoms with Crippen LogP contribution < -0.4 is 4.90 Å². The van der Waals surface area contributed by atoms with E-state index in [9.17, 15) is 0 Å². The molecule has 4 aromatic heterocycles. The summed E-state index contributed by atoms with van der Waals surface area (Å²) < 4.78 is 7.59. The van der Waals surface area contributed by atoms with Crippen molar-refractivity contribution in [2.45, 2.75) is 0 Å². The maximum absolute atomic E-state index is 2.54. The summed E-state index contributed by atoms with van der Waals surface area (Å²) in [4.78, 5) is 2.41. The number of anilines is 3. The molecule has 8 aromatic carbocycles. The molecule has 12 rings (SSSR count). The van der Waals surface area contributed by atoms with Crippen LogP contribution in [0.1, 0.15) is 0 Å². The zero-order valence-electron chi connectivity index (χ0n) is 28.0. The van der Waals surface area contributed by atoms with Gasteiger partial charge in [0.15, 0.2) is 0 Å². The summed E-state index contributed by atoms with van der Waals surface area (Å²) in [7, 11) is 0. The molecule has 242 valence electrons. The Morgan fingerprint density at radius 1 is 0.365 bits per heavy atom. The van der Waals surface area contributed by atoms with Crippen molar-refractivity contribution in [2.24, 2.45) is 0 Å². The van der Waals surface area contributed by atoms with Gasteiger partial charge < -0.3 is 13.9 Å². The largest absolute Gasteiger partial charge is 0.310 e. The van der Waals surface area contributed by atoms with Crippen LogP contribution in [0.5, 0.6) is 0 Å². The summed E-state index contributed by atoms with van der Waals surface area (Å²) >= 11 is 1.89. The van der Waals surface area contributed by atoms with Crippen molar-refractivity contribution in [3.63, 3.8) is 0 Å². The number of para-hydroxylation sites is 4. The maximum atomic E-state index is 2.54. The van der Waals surface area contributed by atoms with Crippen molar-refractivity contribution in [2.75, 3.05) is 4.90 Å². The Labute approximate surface area is 302 Å². The number of thiophene rings is 1. The molecule has 4 heterocycles. The van der Waals surface area contributed by atoms with E-state index < -0.39 is 0 Å². The molecule has 0 aliphatic carbocycles. The highest BCUT2D eigenvalue weighted by atomic mass is 32.1. The first-order chi connectivity index (χ1) is 25.8. The van der Waals surface area contributed by atoms with Crippen LogP contribution in [0.3, 0.4) is 0 Å². The third kappa shape index (κ3) is 3.74. The molecular formula is C48H29N3S. The predicted molar refractivity (Wildman–Crippen MR) is 223 cm³/mol. The lowest BCUT2D eigenvalue weighted by Gasteiger charge is -2.26. The SMILES string of the molecule is c1ccc(N(c2ccc3c(c2)c2ccccc2n3-c2ccccc2)c2ccc3c4cccc5c6cccc7sc8cccc(c8c76)n(c3c2)c54)cc1. The lowest BCUT2D eigenvalue weighted by molar-refractivity contribution is 1.18. The van der Waals surface area contributed by atoms with Crippen LogP contribution >= 0.6 is 11.3 Å². The van der Waals surface area contributed by atoms with E-state index in [0.717, 1.165) is 22.7 Å². The van der Waals surface area contributed by atoms with Gasteiger partial charge >= 0.3 is 0 Å². The van der Waals surface area contributed by atoms with E-state index in [2.05, 4.69) is 190 Å². The summed E-state index contributed by atoms with van der Waals surface area (Å²) in [5.74, 6) is 0. The minimum atomic E-state index is 1.12. The number of benzene rings is 8. The molecule has 0 aliphatic rings. The van der Waals surface area contributed by atoms with Gasteiger partial charge in [-0.15, -0.1) is 11.3 Å². The molecule has 0 N–H and O–H groups in total. The summed E-state index contributed by atoms with van der Waals surface area (Å²) in [5.41, 5.74) is 10.7. The fraction of sp³-hybridized carbons (Fsp3) is 0. The van der Waals surface area contributed by atoms with Gasteiger partial charge in [0, 0.05) is 69.9 Å². The Kier molecular flexibility index (Phi) is 5.65. The molecule has 0 aliphatic heterocycles. The fourth-order valence-electron chi connectivity index (χ4n) is 8.90. The molecule has 0 saturated heterocycles. The first-order valence-electron chi connectivity index (χ1n) is 17.8. The van der Waals surface area contributed by atoms with E-state index in [0.29, 0.717) is 0 Å². The van der Waals surface area contributed by atoms with Gasteiger partial charge in [0.2, 0.25) is 0 Å². The second-order valence-electron chi connectivity index (χ2n) is 13.7. The summed E-state index contributed by atoms with van der Waals surface area (Å²) in [5, 5.41) is 10.3. The molecule has 0 spiro atoms. The van der Waals surface area contributed by atoms with Crippen LogP contribution in [0.15, 0.2) is 176 Å². The van der Waals surface area contributed by atoms with Crippen LogP contribution in [-0.2, 0) is 0 Å². The first kappa shape index (κ1) is 28.1. The Morgan fingerprint density at radius 3 is 1.83 bits per heavy atom. The average Bonchev–Trinajstić information content (AvgIpc) is 3.83. The van der Waals surface area contributed by atoms with Crippen LogP contribution in [0.4, 0.5) is 17.1 Å². The molecule has 0 atom stereocenters. The van der Waals surface area contributed by atoms with E-state index in [1.807, 2.05) is 11.3 Å². The van der Waals surface area contributed by atoms with Crippen molar-refractivity contribution in [3.05, 3.63) is 176 Å². The highest BCUT2D eigenvalue weighted by Gasteiger charge is 2.22. The maximum Gasteiger partial charge on any atom is 0.0619 e. The van der Waals surface area contributed by atoms with Crippen LogP contribution in [0, 0.1) is 0 Å². The van der Waals surface area contributed by atoms with Gasteiger partial charge in [0.05, 0.1) is 27.6 Å². The van der Waals surface area contributed by atoms with Gasteiger partial charge in [0.25, 0.3) is 0 Å². The Morgan fingerprint density at radius 2 is 0.962 bits per heavy atom. The van der Waals surface area contributed by atoms with Crippen molar-refractivity contribution < 1.29 is 0 Å². The summed E-state index contributed by atoms with van der Waals surface area (Å²) in [6.07, 6.45) is 0. The molecule has 12 aromatic rings. The van der Waals surface area contributed by atoms with Crippen molar-refractivity contribution >= 4 is 108 Å². The highest BCUT2D eigenvalue weighted by molar-refractivity contribution is 7.26. The van der Waals surface area contributed by atoms with E-state index in [1.165, 1.54) is 80.1 Å². The average molecular weight is 680 g/mol. The van der Waals surface area contributed by atoms with Crippen molar-refractivity contribution in [3.8, 4) is 5.69 Å². The second-order valence-corrected chi connectivity index (χ2v) is 14.8. The molecule has 0 amide bonds. The molecule has 0 fully saturated rings. The Balaban J connectivity index is 1.17. The van der Waals surface area contributed by atoms with E-state index >= 15 is 0 Å². The Hall–Kier alpha value is -6.62. The fourth-order valence-corrected chi connectivity index (χ4v) is 10.1. The minimum Gasteiger partial charge on any atom is -0.310 e. The molecular weight excluding hydrogens is 651 g/mol. The monoisotopic (exact) mass is 679 g/mol. The van der Waals surface area contributed by atoms with Gasteiger partial charge in [-0.3, -0.25) is 0 Å². The number of hydrogen-bond acceptors (Lipinski definition) is 2. The first-order valence-corrected chi connectivity index (χ1v) is 18.6. The standard InChI is InChI=1S/C48H29N3S/c1-3-12-30(13-4-1)49(32-25-27-41-39(28-32)34-16-7-8-20-40(34)50(41)31-14-5-2-6-15-31)33-24-26-35-37-18-9-19-38-36-17-10-22-44-46(36)47-42(21-11-23-45(47)52-44)51(48(37)38)43(35)29-33/h1-29H. The number of nitrogens with zero attached hydrogens (tertiary/aromatic N) is 3. The lowest BCUT2D eigenvalue weighted by atomic mass is 10.0. The molecule has 4 heteroatoms. The quantitative estimate of drug-likeness (QED) is 0.180. The second kappa shape index (κ2) is 10.5. The molecule has 0 saturated carbocycles. The third-order valence-corrected chi connectivity index (χ3v) is 12.1. The normalized spacial score (nSPS) is 12.2. The number of fused-ring (bicyclic) bond motifs is 8. The van der Waals surface area contributed by atoms with E-state index in [1.54, 1.807) is 0 Å². The highest BCUT2D eigenvalue weighted by Crippen LogP contribution is 2.46. The minimum absolute atomic E-state index is 1.12. The summed E-state index contributed by atoms with van der Waals surface area (Å²) in [6.45, 7) is 0. The van der Waals surface area contributed by atoms with Crippen LogP contribution in [0.25, 0.3) is 85.8 Å².